The highest BCUT2D eigenvalue weighted by atomic mass is 16.5. The second-order valence-electron chi connectivity index (χ2n) is 4.82. The molecule has 2 atom stereocenters. The molecule has 5 heteroatoms. The minimum absolute atomic E-state index is 0.0146. The lowest BCUT2D eigenvalue weighted by Gasteiger charge is -2.05. The number of fused-ring (bicyclic) bond motifs is 1. The molecule has 5 N–H and O–H groups in total. The summed E-state index contributed by atoms with van der Waals surface area (Å²) < 4.78 is 5.53. The summed E-state index contributed by atoms with van der Waals surface area (Å²) in [4.78, 5) is 11.8. The predicted octanol–water partition coefficient (Wildman–Crippen LogP) is -1.08. The predicted molar refractivity (Wildman–Crippen MR) is 65.8 cm³/mol. The number of benzene rings is 1. The van der Waals surface area contributed by atoms with Crippen LogP contribution < -0.4 is 21.2 Å². The maximum atomic E-state index is 11.8. The quantitative estimate of drug-likeness (QED) is 0.458. The van der Waals surface area contributed by atoms with Gasteiger partial charge in [-0.25, -0.2) is 5.32 Å². The minimum Gasteiger partial charge on any atom is -0.493 e. The summed E-state index contributed by atoms with van der Waals surface area (Å²) in [6.45, 7) is 0.736. The summed E-state index contributed by atoms with van der Waals surface area (Å²) in [5.41, 5.74) is 7.76. The van der Waals surface area contributed by atoms with E-state index in [1.165, 1.54) is 11.1 Å². The largest absolute Gasteiger partial charge is 0.493 e. The van der Waals surface area contributed by atoms with Crippen LogP contribution in [0.2, 0.25) is 0 Å². The van der Waals surface area contributed by atoms with Crippen molar-refractivity contribution in [3.05, 3.63) is 29.3 Å². The fraction of sp³-hybridized carbons (Fsp3) is 0.385. The van der Waals surface area contributed by atoms with E-state index in [9.17, 15) is 4.79 Å². The lowest BCUT2D eigenvalue weighted by atomic mass is 10.00. The van der Waals surface area contributed by atoms with E-state index in [-0.39, 0.29) is 23.7 Å². The topological polar surface area (TPSA) is 89.9 Å². The number of guanidine groups is 1. The van der Waals surface area contributed by atoms with Gasteiger partial charge in [-0.05, 0) is 24.0 Å². The molecule has 1 aromatic rings. The van der Waals surface area contributed by atoms with Crippen molar-refractivity contribution < 1.29 is 14.9 Å². The third-order valence-corrected chi connectivity index (χ3v) is 3.57. The number of nitrogens with two attached hydrogens (primary N) is 2. The first kappa shape index (κ1) is 11.1. The molecular formula is C13H16N3O2+. The Balaban J connectivity index is 1.77. The van der Waals surface area contributed by atoms with Crippen molar-refractivity contribution >= 4 is 11.9 Å². The lowest BCUT2D eigenvalue weighted by molar-refractivity contribution is -0.130. The highest BCUT2D eigenvalue weighted by Gasteiger charge is 2.47. The third-order valence-electron chi connectivity index (χ3n) is 3.57. The van der Waals surface area contributed by atoms with Crippen LogP contribution in [0, 0.1) is 5.92 Å². The van der Waals surface area contributed by atoms with E-state index < -0.39 is 0 Å². The van der Waals surface area contributed by atoms with Crippen molar-refractivity contribution in [1.82, 2.24) is 5.32 Å². The average molecular weight is 246 g/mol. The molecule has 1 fully saturated rings. The Morgan fingerprint density at radius 2 is 2.33 bits per heavy atom. The van der Waals surface area contributed by atoms with E-state index in [1.54, 1.807) is 0 Å². The van der Waals surface area contributed by atoms with Crippen LogP contribution in [-0.2, 0) is 11.2 Å². The summed E-state index contributed by atoms with van der Waals surface area (Å²) in [6.07, 6.45) is 1.79. The normalized spacial score (nSPS) is 24.0. The Morgan fingerprint density at radius 1 is 1.50 bits per heavy atom. The van der Waals surface area contributed by atoms with Crippen molar-refractivity contribution in [3.63, 3.8) is 0 Å². The average Bonchev–Trinajstić information content (AvgIpc) is 2.97. The summed E-state index contributed by atoms with van der Waals surface area (Å²) in [7, 11) is 0. The zero-order valence-electron chi connectivity index (χ0n) is 9.98. The van der Waals surface area contributed by atoms with Gasteiger partial charge in [-0.1, -0.05) is 12.1 Å². The van der Waals surface area contributed by atoms with Crippen molar-refractivity contribution in [2.24, 2.45) is 11.7 Å². The molecule has 0 aromatic heterocycles. The molecule has 3 rings (SSSR count). The smallest absolute Gasteiger partial charge is 0.346 e. The Morgan fingerprint density at radius 3 is 3.11 bits per heavy atom. The number of amides is 1. The van der Waals surface area contributed by atoms with Crippen LogP contribution in [0.25, 0.3) is 0 Å². The van der Waals surface area contributed by atoms with Gasteiger partial charge in [0.15, 0.2) is 0 Å². The van der Waals surface area contributed by atoms with E-state index >= 15 is 0 Å². The lowest BCUT2D eigenvalue weighted by Crippen LogP contribution is -2.56. The number of carbonyl (C=O) groups excluding carboxylic acids is 1. The van der Waals surface area contributed by atoms with E-state index in [0.717, 1.165) is 25.2 Å². The Labute approximate surface area is 105 Å². The number of nitrogens with one attached hydrogen (secondary N) is 1. The van der Waals surface area contributed by atoms with Gasteiger partial charge < -0.3 is 4.74 Å². The Kier molecular flexibility index (Phi) is 2.47. The van der Waals surface area contributed by atoms with Gasteiger partial charge in [0.25, 0.3) is 5.91 Å². The molecule has 1 aliphatic heterocycles. The first-order valence-corrected chi connectivity index (χ1v) is 6.10. The van der Waals surface area contributed by atoms with Gasteiger partial charge in [-0.3, -0.25) is 15.9 Å². The molecule has 18 heavy (non-hydrogen) atoms. The van der Waals surface area contributed by atoms with Gasteiger partial charge in [0.2, 0.25) is 0 Å². The molecule has 1 unspecified atom stereocenters. The van der Waals surface area contributed by atoms with Crippen LogP contribution >= 0.6 is 0 Å². The molecule has 1 amide bonds. The third kappa shape index (κ3) is 1.81. The van der Waals surface area contributed by atoms with Crippen LogP contribution in [0.4, 0.5) is 0 Å². The molecule has 1 saturated carbocycles. The number of hydrogen-bond acceptors (Lipinski definition) is 2. The first-order valence-electron chi connectivity index (χ1n) is 6.10. The fourth-order valence-corrected chi connectivity index (χ4v) is 2.66. The molecule has 0 spiro atoms. The fourth-order valence-electron chi connectivity index (χ4n) is 2.66. The molecule has 1 aliphatic carbocycles. The minimum atomic E-state index is -0.0866. The van der Waals surface area contributed by atoms with Gasteiger partial charge in [-0.2, -0.15) is 0 Å². The van der Waals surface area contributed by atoms with Crippen LogP contribution in [-0.4, -0.2) is 18.5 Å². The van der Waals surface area contributed by atoms with Gasteiger partial charge in [0, 0.05) is 12.0 Å². The molecule has 0 bridgehead atoms. The van der Waals surface area contributed by atoms with E-state index in [2.05, 4.69) is 11.4 Å². The standard InChI is InChI=1S/C13H15N3O2/c14-13(15)16-12(17)10-6-9(10)7-2-1-3-11-8(7)4-5-18-11/h1-3,9-10H,4-6H2,(H4,14,15,16,17)/p+1/t9?,10-/m1/s1. The number of rotatable bonds is 2. The Hall–Kier alpha value is -2.04. The number of hydrogen-bond donors (Lipinski definition) is 3. The van der Waals surface area contributed by atoms with E-state index in [0.29, 0.717) is 0 Å². The van der Waals surface area contributed by atoms with Crippen molar-refractivity contribution in [2.75, 3.05) is 6.61 Å². The summed E-state index contributed by atoms with van der Waals surface area (Å²) in [5.74, 6) is 1.10. The molecule has 0 saturated heterocycles. The van der Waals surface area contributed by atoms with Gasteiger partial charge in [0.05, 0.1) is 12.5 Å². The van der Waals surface area contributed by atoms with Crippen LogP contribution in [0.5, 0.6) is 5.75 Å². The zero-order valence-corrected chi connectivity index (χ0v) is 9.98. The molecule has 1 heterocycles. The van der Waals surface area contributed by atoms with Crippen LogP contribution in [0.15, 0.2) is 18.2 Å². The summed E-state index contributed by atoms with van der Waals surface area (Å²) in [5, 5.41) is 7.75. The van der Waals surface area contributed by atoms with E-state index in [4.69, 9.17) is 15.9 Å². The van der Waals surface area contributed by atoms with Gasteiger partial charge >= 0.3 is 5.96 Å². The maximum Gasteiger partial charge on any atom is 0.346 e. The highest BCUT2D eigenvalue weighted by molar-refractivity contribution is 5.96. The second-order valence-corrected chi connectivity index (χ2v) is 4.82. The van der Waals surface area contributed by atoms with Crippen molar-refractivity contribution in [1.29, 1.82) is 0 Å². The van der Waals surface area contributed by atoms with Gasteiger partial charge in [-0.15, -0.1) is 0 Å². The molecule has 1 aromatic carbocycles. The second kappa shape index (κ2) is 4.01. The first-order chi connectivity index (χ1) is 8.66. The van der Waals surface area contributed by atoms with Crippen molar-refractivity contribution in [3.8, 4) is 5.75 Å². The highest BCUT2D eigenvalue weighted by Crippen LogP contribution is 2.50. The zero-order chi connectivity index (χ0) is 12.7. The molecule has 94 valence electrons. The molecule has 0 radical (unpaired) electrons. The summed E-state index contributed by atoms with van der Waals surface area (Å²) in [6, 6.07) is 6.05. The van der Waals surface area contributed by atoms with Crippen molar-refractivity contribution in [2.45, 2.75) is 18.8 Å². The van der Waals surface area contributed by atoms with Crippen LogP contribution in [0.3, 0.4) is 0 Å². The molecule has 2 aliphatic rings. The molecular weight excluding hydrogens is 230 g/mol. The van der Waals surface area contributed by atoms with Gasteiger partial charge in [0.1, 0.15) is 5.75 Å². The molecule has 5 nitrogen and oxygen atoms in total. The Bertz CT molecular complexity index is 527. The summed E-state index contributed by atoms with van der Waals surface area (Å²) >= 11 is 0. The number of carbonyl (C=O) groups is 1. The van der Waals surface area contributed by atoms with Crippen LogP contribution in [0.1, 0.15) is 23.5 Å². The SMILES string of the molecule is NC(=[NH2+])NC(=O)[C@@H]1CC1c1cccc2c1CCO2. The van der Waals surface area contributed by atoms with E-state index in [1.807, 2.05) is 12.1 Å². The number of ether oxygens (including phenoxy) is 1. The monoisotopic (exact) mass is 246 g/mol. The maximum absolute atomic E-state index is 11.8.